The lowest BCUT2D eigenvalue weighted by Gasteiger charge is -2.23. The summed E-state index contributed by atoms with van der Waals surface area (Å²) in [5.74, 6) is 1.98. The zero-order chi connectivity index (χ0) is 15.0. The number of anilines is 2. The number of nitrogens with one attached hydrogen (secondary N) is 1. The Balaban J connectivity index is 3.02. The maximum atomic E-state index is 11.2. The molecule has 0 aliphatic carbocycles. The third kappa shape index (κ3) is 5.03. The SMILES string of the molecule is CCCCN(CC(N)=O)c1cc(NC)nc(CCC)n1. The van der Waals surface area contributed by atoms with E-state index in [1.54, 1.807) is 0 Å². The Labute approximate surface area is 120 Å². The van der Waals surface area contributed by atoms with E-state index in [0.29, 0.717) is 0 Å². The molecule has 0 aliphatic rings. The van der Waals surface area contributed by atoms with Gasteiger partial charge in [0.05, 0.1) is 6.54 Å². The van der Waals surface area contributed by atoms with Gasteiger partial charge in [-0.15, -0.1) is 0 Å². The molecular formula is C14H25N5O. The molecular weight excluding hydrogens is 254 g/mol. The Hall–Kier alpha value is -1.85. The van der Waals surface area contributed by atoms with Crippen molar-refractivity contribution in [3.8, 4) is 0 Å². The van der Waals surface area contributed by atoms with Gasteiger partial charge in [0.15, 0.2) is 0 Å². The molecule has 6 nitrogen and oxygen atoms in total. The van der Waals surface area contributed by atoms with Crippen molar-refractivity contribution in [3.05, 3.63) is 11.9 Å². The van der Waals surface area contributed by atoms with Crippen molar-refractivity contribution in [2.45, 2.75) is 39.5 Å². The van der Waals surface area contributed by atoms with Gasteiger partial charge in [0.1, 0.15) is 17.5 Å². The minimum atomic E-state index is -0.345. The molecule has 0 bridgehead atoms. The van der Waals surface area contributed by atoms with Crippen LogP contribution >= 0.6 is 0 Å². The van der Waals surface area contributed by atoms with E-state index in [-0.39, 0.29) is 12.5 Å². The second kappa shape index (κ2) is 8.35. The van der Waals surface area contributed by atoms with Crippen molar-refractivity contribution in [2.75, 3.05) is 30.4 Å². The third-order valence-electron chi connectivity index (χ3n) is 2.94. The topological polar surface area (TPSA) is 84.1 Å². The fourth-order valence-corrected chi connectivity index (χ4v) is 1.92. The lowest BCUT2D eigenvalue weighted by molar-refractivity contribution is -0.116. The Morgan fingerprint density at radius 2 is 2.10 bits per heavy atom. The maximum Gasteiger partial charge on any atom is 0.236 e. The van der Waals surface area contributed by atoms with Crippen LogP contribution in [0.5, 0.6) is 0 Å². The summed E-state index contributed by atoms with van der Waals surface area (Å²) in [6.07, 6.45) is 3.86. The van der Waals surface area contributed by atoms with Crippen LogP contribution in [0, 0.1) is 0 Å². The summed E-state index contributed by atoms with van der Waals surface area (Å²) in [4.78, 5) is 22.1. The molecule has 1 aromatic rings. The average Bonchev–Trinajstić information content (AvgIpc) is 2.43. The minimum Gasteiger partial charge on any atom is -0.373 e. The molecule has 0 spiro atoms. The molecule has 0 aliphatic heterocycles. The zero-order valence-electron chi connectivity index (χ0n) is 12.6. The smallest absolute Gasteiger partial charge is 0.236 e. The van der Waals surface area contributed by atoms with Gasteiger partial charge in [-0.1, -0.05) is 20.3 Å². The van der Waals surface area contributed by atoms with E-state index in [9.17, 15) is 4.79 Å². The van der Waals surface area contributed by atoms with Crippen LogP contribution in [0.2, 0.25) is 0 Å². The van der Waals surface area contributed by atoms with Gasteiger partial charge in [-0.2, -0.15) is 0 Å². The van der Waals surface area contributed by atoms with Crippen LogP contribution < -0.4 is 16.0 Å². The van der Waals surface area contributed by atoms with Gasteiger partial charge in [0, 0.05) is 26.1 Å². The van der Waals surface area contributed by atoms with Crippen LogP contribution in [0.4, 0.5) is 11.6 Å². The first-order valence-corrected chi connectivity index (χ1v) is 7.19. The summed E-state index contributed by atoms with van der Waals surface area (Å²) in [6.45, 7) is 5.16. The van der Waals surface area contributed by atoms with E-state index in [2.05, 4.69) is 29.1 Å². The summed E-state index contributed by atoms with van der Waals surface area (Å²) in [5.41, 5.74) is 5.33. The average molecular weight is 279 g/mol. The normalized spacial score (nSPS) is 10.3. The Bertz CT molecular complexity index is 436. The first kappa shape index (κ1) is 16.2. The van der Waals surface area contributed by atoms with Crippen molar-refractivity contribution in [3.63, 3.8) is 0 Å². The third-order valence-corrected chi connectivity index (χ3v) is 2.94. The number of primary amides is 1. The fraction of sp³-hybridized carbons (Fsp3) is 0.643. The van der Waals surface area contributed by atoms with Gasteiger partial charge in [0.2, 0.25) is 5.91 Å². The van der Waals surface area contributed by atoms with Gasteiger partial charge in [-0.05, 0) is 12.8 Å². The first-order valence-electron chi connectivity index (χ1n) is 7.19. The van der Waals surface area contributed by atoms with Crippen LogP contribution in [0.25, 0.3) is 0 Å². The number of unbranched alkanes of at least 4 members (excludes halogenated alkanes) is 1. The van der Waals surface area contributed by atoms with E-state index >= 15 is 0 Å². The second-order valence-corrected chi connectivity index (χ2v) is 4.77. The molecule has 0 aromatic carbocycles. The number of carbonyl (C=O) groups is 1. The number of amides is 1. The molecule has 1 heterocycles. The van der Waals surface area contributed by atoms with Gasteiger partial charge in [-0.25, -0.2) is 9.97 Å². The highest BCUT2D eigenvalue weighted by atomic mass is 16.1. The highest BCUT2D eigenvalue weighted by Crippen LogP contribution is 2.17. The molecule has 1 aromatic heterocycles. The van der Waals surface area contributed by atoms with Crippen molar-refractivity contribution >= 4 is 17.5 Å². The van der Waals surface area contributed by atoms with Crippen molar-refractivity contribution in [1.29, 1.82) is 0 Å². The van der Waals surface area contributed by atoms with E-state index in [1.165, 1.54) is 0 Å². The van der Waals surface area contributed by atoms with Crippen LogP contribution in [-0.4, -0.2) is 36.0 Å². The predicted octanol–water partition coefficient (Wildman–Crippen LogP) is 1.56. The number of nitrogens with zero attached hydrogens (tertiary/aromatic N) is 3. The molecule has 0 fully saturated rings. The quantitative estimate of drug-likeness (QED) is 0.716. The number of hydrogen-bond donors (Lipinski definition) is 2. The molecule has 0 radical (unpaired) electrons. The molecule has 0 saturated heterocycles. The Morgan fingerprint density at radius 1 is 1.35 bits per heavy atom. The molecule has 0 unspecified atom stereocenters. The number of nitrogens with two attached hydrogens (primary N) is 1. The molecule has 1 rings (SSSR count). The summed E-state index contributed by atoms with van der Waals surface area (Å²) in [6, 6.07) is 1.86. The monoisotopic (exact) mass is 279 g/mol. The van der Waals surface area contributed by atoms with Crippen LogP contribution in [-0.2, 0) is 11.2 Å². The minimum absolute atomic E-state index is 0.186. The number of rotatable bonds is 9. The predicted molar refractivity (Wildman–Crippen MR) is 81.9 cm³/mol. The second-order valence-electron chi connectivity index (χ2n) is 4.77. The van der Waals surface area contributed by atoms with E-state index in [1.807, 2.05) is 18.0 Å². The van der Waals surface area contributed by atoms with E-state index < -0.39 is 0 Å². The lowest BCUT2D eigenvalue weighted by atomic mass is 10.3. The number of hydrogen-bond acceptors (Lipinski definition) is 5. The number of aromatic nitrogens is 2. The zero-order valence-corrected chi connectivity index (χ0v) is 12.6. The van der Waals surface area contributed by atoms with Crippen molar-refractivity contribution in [2.24, 2.45) is 5.73 Å². The van der Waals surface area contributed by atoms with E-state index in [4.69, 9.17) is 5.73 Å². The van der Waals surface area contributed by atoms with Crippen molar-refractivity contribution in [1.82, 2.24) is 9.97 Å². The summed E-state index contributed by atoms with van der Waals surface area (Å²) in [7, 11) is 1.83. The summed E-state index contributed by atoms with van der Waals surface area (Å²) >= 11 is 0. The van der Waals surface area contributed by atoms with Gasteiger partial charge in [0.25, 0.3) is 0 Å². The standard InChI is InChI=1S/C14H25N5O/c1-4-6-8-19(10-11(15)20)14-9-13(16-3)17-12(18-14)7-5-2/h9H,4-8,10H2,1-3H3,(H2,15,20)(H,16,17,18). The lowest BCUT2D eigenvalue weighted by Crippen LogP contribution is -2.35. The molecule has 20 heavy (non-hydrogen) atoms. The van der Waals surface area contributed by atoms with E-state index in [0.717, 1.165) is 49.7 Å². The maximum absolute atomic E-state index is 11.2. The number of aryl methyl sites for hydroxylation is 1. The highest BCUT2D eigenvalue weighted by Gasteiger charge is 2.13. The van der Waals surface area contributed by atoms with Gasteiger partial charge >= 0.3 is 0 Å². The summed E-state index contributed by atoms with van der Waals surface area (Å²) < 4.78 is 0. The molecule has 0 saturated carbocycles. The first-order chi connectivity index (χ1) is 9.60. The van der Waals surface area contributed by atoms with Crippen molar-refractivity contribution < 1.29 is 4.79 Å². The molecule has 1 amide bonds. The molecule has 6 heteroatoms. The largest absolute Gasteiger partial charge is 0.373 e. The number of carbonyl (C=O) groups excluding carboxylic acids is 1. The van der Waals surface area contributed by atoms with Gasteiger partial charge in [-0.3, -0.25) is 4.79 Å². The van der Waals surface area contributed by atoms with Crippen LogP contribution in [0.15, 0.2) is 6.07 Å². The Morgan fingerprint density at radius 3 is 2.65 bits per heavy atom. The molecule has 112 valence electrons. The Kier molecular flexibility index (Phi) is 6.76. The fourth-order valence-electron chi connectivity index (χ4n) is 1.92. The molecule has 3 N–H and O–H groups in total. The van der Waals surface area contributed by atoms with Crippen LogP contribution in [0.1, 0.15) is 38.9 Å². The molecule has 0 atom stereocenters. The van der Waals surface area contributed by atoms with Gasteiger partial charge < -0.3 is 16.0 Å². The van der Waals surface area contributed by atoms with Crippen LogP contribution in [0.3, 0.4) is 0 Å². The summed E-state index contributed by atoms with van der Waals surface area (Å²) in [5, 5.41) is 3.04. The highest BCUT2D eigenvalue weighted by molar-refractivity contribution is 5.79.